The van der Waals surface area contributed by atoms with Crippen LogP contribution in [0.1, 0.15) is 30.1 Å². The molecule has 0 bridgehead atoms. The number of hydrogen-bond acceptors (Lipinski definition) is 5. The van der Waals surface area contributed by atoms with Gasteiger partial charge in [-0.15, -0.1) is 11.8 Å². The van der Waals surface area contributed by atoms with Crippen molar-refractivity contribution >= 4 is 27.7 Å². The van der Waals surface area contributed by atoms with Crippen LogP contribution in [0, 0.1) is 0 Å². The van der Waals surface area contributed by atoms with Crippen LogP contribution < -0.4 is 4.74 Å². The van der Waals surface area contributed by atoms with E-state index in [4.69, 9.17) is 4.74 Å². The molecule has 6 nitrogen and oxygen atoms in total. The van der Waals surface area contributed by atoms with Gasteiger partial charge in [-0.1, -0.05) is 6.07 Å². The van der Waals surface area contributed by atoms with Crippen molar-refractivity contribution in [2.24, 2.45) is 0 Å². The zero-order chi connectivity index (χ0) is 18.1. The van der Waals surface area contributed by atoms with Gasteiger partial charge in [0.25, 0.3) is 5.91 Å². The first-order valence-corrected chi connectivity index (χ1v) is 11.1. The average Bonchev–Trinajstić information content (AvgIpc) is 3.04. The topological polar surface area (TPSA) is 66.9 Å². The molecule has 8 heteroatoms. The van der Waals surface area contributed by atoms with Crippen molar-refractivity contribution in [2.45, 2.75) is 24.6 Å². The number of rotatable bonds is 4. The Hall–Kier alpha value is -1.25. The molecule has 0 aliphatic carbocycles. The number of benzene rings is 1. The van der Waals surface area contributed by atoms with Gasteiger partial charge in [-0.25, -0.2) is 12.7 Å². The minimum absolute atomic E-state index is 0.00398. The molecule has 2 heterocycles. The number of ether oxygens (including phenoxy) is 1. The summed E-state index contributed by atoms with van der Waals surface area (Å²) < 4.78 is 31.0. The molecule has 0 N–H and O–H groups in total. The molecular weight excluding hydrogens is 360 g/mol. The summed E-state index contributed by atoms with van der Waals surface area (Å²) in [6, 6.07) is 7.20. The van der Waals surface area contributed by atoms with Crippen molar-refractivity contribution in [2.75, 3.05) is 38.2 Å². The number of piperidine rings is 1. The standard InChI is InChI=1S/C17H24N2O4S2/c1-3-25(21,22)18-9-7-17(8-10-18)19(11-12-24-17)16(20)14-5-4-6-15(13-14)23-2/h4-6,13H,3,7-12H2,1-2H3. The highest BCUT2D eigenvalue weighted by Gasteiger charge is 2.47. The summed E-state index contributed by atoms with van der Waals surface area (Å²) in [4.78, 5) is 14.7. The van der Waals surface area contributed by atoms with Crippen molar-refractivity contribution in [1.29, 1.82) is 0 Å². The molecule has 3 rings (SSSR count). The van der Waals surface area contributed by atoms with Crippen molar-refractivity contribution in [3.05, 3.63) is 29.8 Å². The first kappa shape index (κ1) is 18.5. The van der Waals surface area contributed by atoms with Crippen LogP contribution in [0.2, 0.25) is 0 Å². The molecule has 138 valence electrons. The average molecular weight is 385 g/mol. The highest BCUT2D eigenvalue weighted by molar-refractivity contribution is 8.00. The quantitative estimate of drug-likeness (QED) is 0.795. The third-order valence-electron chi connectivity index (χ3n) is 5.00. The number of hydrogen-bond donors (Lipinski definition) is 0. The fraction of sp³-hybridized carbons (Fsp3) is 0.588. The van der Waals surface area contributed by atoms with E-state index in [0.29, 0.717) is 43.8 Å². The lowest BCUT2D eigenvalue weighted by Crippen LogP contribution is -2.53. The molecule has 1 aromatic carbocycles. The minimum Gasteiger partial charge on any atom is -0.497 e. The lowest BCUT2D eigenvalue weighted by molar-refractivity contribution is 0.0605. The number of thioether (sulfide) groups is 1. The number of carbonyl (C=O) groups is 1. The molecule has 0 atom stereocenters. The molecule has 0 aromatic heterocycles. The van der Waals surface area contributed by atoms with E-state index in [1.807, 2.05) is 17.0 Å². The Labute approximate surface area is 153 Å². The Balaban J connectivity index is 1.78. The van der Waals surface area contributed by atoms with Crippen molar-refractivity contribution in [1.82, 2.24) is 9.21 Å². The van der Waals surface area contributed by atoms with Crippen LogP contribution in [-0.2, 0) is 10.0 Å². The molecular formula is C17H24N2O4S2. The summed E-state index contributed by atoms with van der Waals surface area (Å²) in [5.74, 6) is 1.67. The van der Waals surface area contributed by atoms with Crippen LogP contribution >= 0.6 is 11.8 Å². The van der Waals surface area contributed by atoms with E-state index in [2.05, 4.69) is 0 Å². The zero-order valence-electron chi connectivity index (χ0n) is 14.6. The monoisotopic (exact) mass is 384 g/mol. The van der Waals surface area contributed by atoms with Gasteiger partial charge in [0.15, 0.2) is 0 Å². The summed E-state index contributed by atoms with van der Waals surface area (Å²) >= 11 is 1.78. The van der Waals surface area contributed by atoms with E-state index in [1.165, 1.54) is 0 Å². The van der Waals surface area contributed by atoms with E-state index in [1.54, 1.807) is 42.2 Å². The van der Waals surface area contributed by atoms with Gasteiger partial charge in [-0.2, -0.15) is 0 Å². The summed E-state index contributed by atoms with van der Waals surface area (Å²) in [5.41, 5.74) is 0.616. The van der Waals surface area contributed by atoms with Crippen LogP contribution in [0.15, 0.2) is 24.3 Å². The van der Waals surface area contributed by atoms with Crippen LogP contribution in [0.3, 0.4) is 0 Å². The Morgan fingerprint density at radius 1 is 1.28 bits per heavy atom. The van der Waals surface area contributed by atoms with Crippen LogP contribution in [0.4, 0.5) is 0 Å². The maximum Gasteiger partial charge on any atom is 0.255 e. The number of methoxy groups -OCH3 is 1. The Morgan fingerprint density at radius 3 is 2.64 bits per heavy atom. The third-order valence-corrected chi connectivity index (χ3v) is 8.44. The molecule has 2 saturated heterocycles. The van der Waals surface area contributed by atoms with Crippen molar-refractivity contribution in [3.63, 3.8) is 0 Å². The SMILES string of the molecule is CCS(=O)(=O)N1CCC2(CC1)SCCN2C(=O)c1cccc(OC)c1. The predicted octanol–water partition coefficient (Wildman–Crippen LogP) is 2.03. The molecule has 2 aliphatic rings. The normalized spacial score (nSPS) is 20.8. The van der Waals surface area contributed by atoms with Gasteiger partial charge >= 0.3 is 0 Å². The first-order chi connectivity index (χ1) is 11.9. The largest absolute Gasteiger partial charge is 0.497 e. The highest BCUT2D eigenvalue weighted by atomic mass is 32.2. The number of sulfonamides is 1. The second-order valence-electron chi connectivity index (χ2n) is 6.28. The smallest absolute Gasteiger partial charge is 0.255 e. The van der Waals surface area contributed by atoms with Gasteiger partial charge in [-0.3, -0.25) is 4.79 Å². The van der Waals surface area contributed by atoms with Gasteiger partial charge in [-0.05, 0) is 38.0 Å². The summed E-state index contributed by atoms with van der Waals surface area (Å²) in [6.45, 7) is 3.32. The predicted molar refractivity (Wildman–Crippen MR) is 99.5 cm³/mol. The van der Waals surface area contributed by atoms with Crippen LogP contribution in [0.25, 0.3) is 0 Å². The molecule has 2 aliphatic heterocycles. The third kappa shape index (κ3) is 3.52. The van der Waals surface area contributed by atoms with Crippen LogP contribution in [-0.4, -0.2) is 66.7 Å². The Morgan fingerprint density at radius 2 is 2.00 bits per heavy atom. The maximum absolute atomic E-state index is 13.0. The van der Waals surface area contributed by atoms with Gasteiger partial charge in [0, 0.05) is 31.0 Å². The van der Waals surface area contributed by atoms with Gasteiger partial charge in [0.1, 0.15) is 5.75 Å². The van der Waals surface area contributed by atoms with Crippen molar-refractivity contribution in [3.8, 4) is 5.75 Å². The second kappa shape index (κ2) is 7.17. The van der Waals surface area contributed by atoms with E-state index in [0.717, 1.165) is 5.75 Å². The molecule has 0 unspecified atom stereocenters. The molecule has 1 spiro atoms. The molecule has 0 radical (unpaired) electrons. The molecule has 2 fully saturated rings. The van der Waals surface area contributed by atoms with Gasteiger partial charge < -0.3 is 9.64 Å². The minimum atomic E-state index is -3.16. The number of carbonyl (C=O) groups excluding carboxylic acids is 1. The number of nitrogens with zero attached hydrogens (tertiary/aromatic N) is 2. The molecule has 25 heavy (non-hydrogen) atoms. The van der Waals surface area contributed by atoms with E-state index in [-0.39, 0.29) is 16.5 Å². The summed E-state index contributed by atoms with van der Waals surface area (Å²) in [6.07, 6.45) is 1.35. The van der Waals surface area contributed by atoms with E-state index >= 15 is 0 Å². The fourth-order valence-corrected chi connectivity index (χ4v) is 6.08. The fourth-order valence-electron chi connectivity index (χ4n) is 3.52. The Bertz CT molecular complexity index is 743. The lowest BCUT2D eigenvalue weighted by atomic mass is 10.0. The van der Waals surface area contributed by atoms with E-state index < -0.39 is 10.0 Å². The van der Waals surface area contributed by atoms with E-state index in [9.17, 15) is 13.2 Å². The van der Waals surface area contributed by atoms with Gasteiger partial charge in [0.2, 0.25) is 10.0 Å². The zero-order valence-corrected chi connectivity index (χ0v) is 16.2. The summed E-state index contributed by atoms with van der Waals surface area (Å²) in [7, 11) is -1.58. The molecule has 1 aromatic rings. The summed E-state index contributed by atoms with van der Waals surface area (Å²) in [5, 5.41) is 0. The lowest BCUT2D eigenvalue weighted by Gasteiger charge is -2.43. The molecule has 0 saturated carbocycles. The molecule has 1 amide bonds. The first-order valence-electron chi connectivity index (χ1n) is 8.50. The second-order valence-corrected chi connectivity index (χ2v) is 10.00. The van der Waals surface area contributed by atoms with Crippen molar-refractivity contribution < 1.29 is 17.9 Å². The Kier molecular flexibility index (Phi) is 5.31. The number of amides is 1. The van der Waals surface area contributed by atoms with Crippen LogP contribution in [0.5, 0.6) is 5.75 Å². The maximum atomic E-state index is 13.0. The highest BCUT2D eigenvalue weighted by Crippen LogP contribution is 2.45. The van der Waals surface area contributed by atoms with Gasteiger partial charge in [0.05, 0.1) is 17.7 Å².